The lowest BCUT2D eigenvalue weighted by Crippen LogP contribution is -2.31. The zero-order valence-corrected chi connectivity index (χ0v) is 13.5. The molecule has 0 aliphatic heterocycles. The number of carbonyl (C=O) groups excluding carboxylic acids is 1. The molecule has 0 aliphatic rings. The van der Waals surface area contributed by atoms with Gasteiger partial charge in [-0.15, -0.1) is 5.69 Å². The van der Waals surface area contributed by atoms with Crippen LogP contribution in [-0.4, -0.2) is 29.0 Å². The van der Waals surface area contributed by atoms with E-state index in [0.717, 1.165) is 6.26 Å². The first-order chi connectivity index (χ1) is 9.49. The molecule has 0 fully saturated rings. The molecule has 21 heavy (non-hydrogen) atoms. The number of benzene rings is 1. The Morgan fingerprint density at radius 1 is 1.14 bits per heavy atom. The van der Waals surface area contributed by atoms with Gasteiger partial charge in [0.05, 0.1) is 14.9 Å². The Balaban J connectivity index is 2.87. The van der Waals surface area contributed by atoms with Crippen molar-refractivity contribution in [3.8, 4) is 0 Å². The molecule has 0 spiro atoms. The molecular formula is C12H17N2O5S2-. The van der Waals surface area contributed by atoms with Gasteiger partial charge in [-0.2, -0.15) is 0 Å². The number of amides is 1. The van der Waals surface area contributed by atoms with Gasteiger partial charge in [0.15, 0.2) is 0 Å². The van der Waals surface area contributed by atoms with Crippen molar-refractivity contribution in [2.24, 2.45) is 5.92 Å². The van der Waals surface area contributed by atoms with Gasteiger partial charge in [-0.3, -0.25) is 4.79 Å². The summed E-state index contributed by atoms with van der Waals surface area (Å²) in [5.74, 6) is -0.550. The molecule has 0 bridgehead atoms. The van der Waals surface area contributed by atoms with E-state index in [2.05, 4.69) is 4.72 Å². The van der Waals surface area contributed by atoms with E-state index >= 15 is 0 Å². The van der Waals surface area contributed by atoms with E-state index in [9.17, 15) is 21.6 Å². The molecule has 0 saturated carbocycles. The van der Waals surface area contributed by atoms with E-state index in [1.54, 1.807) is 13.8 Å². The standard InChI is InChI=1S/C12H17N2O5S2/c1-9(2)8-12(15)14-21(18,19)11-6-4-10(5-7-11)13-20(3,16)17/h4-7,9H,8H2,1-3H3,(H,14,15)/q-1. The molecule has 118 valence electrons. The molecule has 0 saturated heterocycles. The minimum atomic E-state index is -3.96. The van der Waals surface area contributed by atoms with E-state index in [0.29, 0.717) is 0 Å². The predicted octanol–water partition coefficient (Wildman–Crippen LogP) is 1.50. The zero-order chi connectivity index (χ0) is 16.3. The monoisotopic (exact) mass is 333 g/mol. The summed E-state index contributed by atoms with van der Waals surface area (Å²) in [4.78, 5) is 11.4. The second kappa shape index (κ2) is 6.44. The van der Waals surface area contributed by atoms with Crippen LogP contribution in [0.15, 0.2) is 29.2 Å². The van der Waals surface area contributed by atoms with Crippen molar-refractivity contribution in [1.82, 2.24) is 4.72 Å². The number of nitrogens with one attached hydrogen (secondary N) is 1. The van der Waals surface area contributed by atoms with Gasteiger partial charge in [0.1, 0.15) is 0 Å². The van der Waals surface area contributed by atoms with Crippen LogP contribution >= 0.6 is 0 Å². The second-order valence-corrected chi connectivity index (χ2v) is 8.28. The summed E-state index contributed by atoms with van der Waals surface area (Å²) in [6.07, 6.45) is 1.03. The minimum absolute atomic E-state index is 0.0381. The Hall–Kier alpha value is -1.61. The summed E-state index contributed by atoms with van der Waals surface area (Å²) in [5, 5.41) is 0. The molecule has 0 unspecified atom stereocenters. The van der Waals surface area contributed by atoms with Crippen LogP contribution in [0.2, 0.25) is 0 Å². The predicted molar refractivity (Wildman–Crippen MR) is 79.1 cm³/mol. The van der Waals surface area contributed by atoms with Gasteiger partial charge in [0, 0.05) is 12.7 Å². The summed E-state index contributed by atoms with van der Waals surface area (Å²) in [5.41, 5.74) is 0.116. The average Bonchev–Trinajstić information content (AvgIpc) is 2.25. The fourth-order valence-corrected chi connectivity index (χ4v) is 3.00. The average molecular weight is 333 g/mol. The molecule has 1 aromatic rings. The summed E-state index contributed by atoms with van der Waals surface area (Å²) in [7, 11) is -7.51. The smallest absolute Gasteiger partial charge is 0.264 e. The van der Waals surface area contributed by atoms with Gasteiger partial charge >= 0.3 is 0 Å². The molecule has 0 aromatic heterocycles. The maximum atomic E-state index is 11.9. The number of carbonyl (C=O) groups is 1. The highest BCUT2D eigenvalue weighted by molar-refractivity contribution is 7.93. The molecule has 1 amide bonds. The molecule has 0 atom stereocenters. The summed E-state index contributed by atoms with van der Waals surface area (Å²) >= 11 is 0. The number of nitrogens with zero attached hydrogens (tertiary/aromatic N) is 1. The van der Waals surface area contributed by atoms with Crippen LogP contribution in [0.5, 0.6) is 0 Å². The minimum Gasteiger partial charge on any atom is -0.577 e. The molecule has 0 radical (unpaired) electrons. The maximum Gasteiger partial charge on any atom is 0.264 e. The number of rotatable bonds is 6. The van der Waals surface area contributed by atoms with Crippen molar-refractivity contribution in [3.63, 3.8) is 0 Å². The van der Waals surface area contributed by atoms with Gasteiger partial charge in [0.2, 0.25) is 5.91 Å². The molecule has 7 nitrogen and oxygen atoms in total. The Morgan fingerprint density at radius 3 is 2.10 bits per heavy atom. The van der Waals surface area contributed by atoms with E-state index in [-0.39, 0.29) is 22.9 Å². The third kappa shape index (κ3) is 6.13. The van der Waals surface area contributed by atoms with Crippen LogP contribution in [-0.2, 0) is 24.8 Å². The van der Waals surface area contributed by atoms with Crippen molar-refractivity contribution in [2.45, 2.75) is 25.2 Å². The van der Waals surface area contributed by atoms with Crippen LogP contribution in [0.1, 0.15) is 20.3 Å². The Kier molecular flexibility index (Phi) is 5.35. The molecule has 0 heterocycles. The molecule has 1 aromatic carbocycles. The highest BCUT2D eigenvalue weighted by atomic mass is 32.2. The number of hydrogen-bond acceptors (Lipinski definition) is 5. The van der Waals surface area contributed by atoms with Gasteiger partial charge in [-0.25, -0.2) is 21.6 Å². The van der Waals surface area contributed by atoms with Crippen molar-refractivity contribution in [3.05, 3.63) is 29.0 Å². The van der Waals surface area contributed by atoms with Gasteiger partial charge in [-0.05, 0) is 18.1 Å². The fraction of sp³-hybridized carbons (Fsp3) is 0.417. The first kappa shape index (κ1) is 17.4. The van der Waals surface area contributed by atoms with Crippen LogP contribution in [0.25, 0.3) is 4.72 Å². The first-order valence-electron chi connectivity index (χ1n) is 6.08. The van der Waals surface area contributed by atoms with Gasteiger partial charge < -0.3 is 4.72 Å². The molecular weight excluding hydrogens is 316 g/mol. The number of hydrogen-bond donors (Lipinski definition) is 1. The summed E-state index contributed by atoms with van der Waals surface area (Å²) in [6.45, 7) is 3.60. The quantitative estimate of drug-likeness (QED) is 0.848. The highest BCUT2D eigenvalue weighted by Gasteiger charge is 2.17. The normalized spacial score (nSPS) is 12.2. The van der Waals surface area contributed by atoms with Crippen LogP contribution < -0.4 is 4.72 Å². The van der Waals surface area contributed by atoms with Crippen LogP contribution in [0, 0.1) is 5.92 Å². The second-order valence-electron chi connectivity index (χ2n) is 4.94. The third-order valence-electron chi connectivity index (χ3n) is 2.26. The SMILES string of the molecule is CC(C)CC(=O)NS(=O)(=O)c1ccc([N-]S(C)(=O)=O)cc1. The van der Waals surface area contributed by atoms with E-state index in [1.165, 1.54) is 24.3 Å². The van der Waals surface area contributed by atoms with Gasteiger partial charge in [-0.1, -0.05) is 26.0 Å². The van der Waals surface area contributed by atoms with Crippen LogP contribution in [0.3, 0.4) is 0 Å². The topological polar surface area (TPSA) is 111 Å². The fourth-order valence-electron chi connectivity index (χ4n) is 1.50. The first-order valence-corrected chi connectivity index (χ1v) is 9.41. The van der Waals surface area contributed by atoms with Crippen molar-refractivity contribution in [2.75, 3.05) is 6.26 Å². The summed E-state index contributed by atoms with van der Waals surface area (Å²) in [6, 6.07) is 4.88. The largest absolute Gasteiger partial charge is 0.577 e. The molecule has 0 aliphatic carbocycles. The lowest BCUT2D eigenvalue weighted by Gasteiger charge is -2.18. The van der Waals surface area contributed by atoms with E-state index in [4.69, 9.17) is 0 Å². The molecule has 9 heteroatoms. The Labute approximate surface area is 124 Å². The van der Waals surface area contributed by atoms with Gasteiger partial charge in [0.25, 0.3) is 10.0 Å². The van der Waals surface area contributed by atoms with Crippen molar-refractivity contribution >= 4 is 31.6 Å². The lowest BCUT2D eigenvalue weighted by molar-refractivity contribution is -0.120. The summed E-state index contributed by atoms with van der Waals surface area (Å²) < 4.78 is 51.2. The van der Waals surface area contributed by atoms with Crippen LogP contribution in [0.4, 0.5) is 5.69 Å². The Bertz CT molecular complexity index is 707. The Morgan fingerprint density at radius 2 is 1.67 bits per heavy atom. The zero-order valence-electron chi connectivity index (χ0n) is 11.9. The molecule has 1 rings (SSSR count). The van der Waals surface area contributed by atoms with Crippen molar-refractivity contribution < 1.29 is 21.6 Å². The van der Waals surface area contributed by atoms with E-state index < -0.39 is 26.0 Å². The number of sulfonamides is 2. The van der Waals surface area contributed by atoms with Crippen molar-refractivity contribution in [1.29, 1.82) is 0 Å². The maximum absolute atomic E-state index is 11.9. The highest BCUT2D eigenvalue weighted by Crippen LogP contribution is 2.23. The molecule has 1 N–H and O–H groups in total. The van der Waals surface area contributed by atoms with E-state index in [1.807, 2.05) is 4.72 Å². The third-order valence-corrected chi connectivity index (χ3v) is 4.19. The lowest BCUT2D eigenvalue weighted by atomic mass is 10.1.